The Balaban J connectivity index is 1.74. The van der Waals surface area contributed by atoms with Crippen molar-refractivity contribution in [3.8, 4) is 22.3 Å². The summed E-state index contributed by atoms with van der Waals surface area (Å²) >= 11 is 0. The summed E-state index contributed by atoms with van der Waals surface area (Å²) in [7, 11) is 0. The van der Waals surface area contributed by atoms with Crippen LogP contribution in [0.4, 0.5) is 18.9 Å². The summed E-state index contributed by atoms with van der Waals surface area (Å²) in [5, 5.41) is 3.20. The van der Waals surface area contributed by atoms with Gasteiger partial charge in [0.05, 0.1) is 5.56 Å². The van der Waals surface area contributed by atoms with Gasteiger partial charge in [-0.25, -0.2) is 0 Å². The van der Waals surface area contributed by atoms with Crippen molar-refractivity contribution in [2.24, 2.45) is 0 Å². The van der Waals surface area contributed by atoms with Crippen molar-refractivity contribution < 1.29 is 13.2 Å². The van der Waals surface area contributed by atoms with Crippen molar-refractivity contribution in [2.45, 2.75) is 51.6 Å². The zero-order valence-corrected chi connectivity index (χ0v) is 18.0. The average molecular weight is 426 g/mol. The second kappa shape index (κ2) is 11.0. The first-order chi connectivity index (χ1) is 15.0. The molecule has 0 aromatic heterocycles. The number of unbranched alkanes of at least 4 members (excludes halogenated alkanes) is 5. The Hall–Kier alpha value is -2.75. The molecule has 0 heterocycles. The number of anilines is 1. The van der Waals surface area contributed by atoms with Gasteiger partial charge in [-0.3, -0.25) is 0 Å². The first kappa shape index (κ1) is 22.9. The minimum atomic E-state index is -4.38. The highest BCUT2D eigenvalue weighted by molar-refractivity contribution is 5.73. The molecule has 164 valence electrons. The minimum Gasteiger partial charge on any atom is -0.385 e. The molecule has 3 aromatic rings. The second-order valence-electron chi connectivity index (χ2n) is 7.93. The fraction of sp³-hybridized carbons (Fsp3) is 0.333. The van der Waals surface area contributed by atoms with Crippen molar-refractivity contribution in [2.75, 3.05) is 11.9 Å². The summed E-state index contributed by atoms with van der Waals surface area (Å²) in [5.41, 5.74) is 3.36. The highest BCUT2D eigenvalue weighted by Gasteiger charge is 2.31. The van der Waals surface area contributed by atoms with Crippen molar-refractivity contribution in [1.82, 2.24) is 0 Å². The molecule has 0 aliphatic heterocycles. The van der Waals surface area contributed by atoms with E-state index in [1.54, 1.807) is 0 Å². The van der Waals surface area contributed by atoms with Gasteiger partial charge >= 0.3 is 6.18 Å². The van der Waals surface area contributed by atoms with Gasteiger partial charge in [-0.1, -0.05) is 93.6 Å². The first-order valence-corrected chi connectivity index (χ1v) is 11.1. The summed E-state index contributed by atoms with van der Waals surface area (Å²) < 4.78 is 40.4. The van der Waals surface area contributed by atoms with Gasteiger partial charge in [-0.05, 0) is 46.9 Å². The molecule has 0 amide bonds. The smallest absolute Gasteiger partial charge is 0.385 e. The van der Waals surface area contributed by atoms with Gasteiger partial charge in [0.25, 0.3) is 0 Å². The third-order valence-electron chi connectivity index (χ3n) is 5.45. The molecule has 0 bridgehead atoms. The molecule has 0 saturated heterocycles. The molecule has 0 radical (unpaired) electrons. The molecule has 1 nitrogen and oxygen atoms in total. The van der Waals surface area contributed by atoms with Gasteiger partial charge in [-0.2, -0.15) is 13.2 Å². The van der Waals surface area contributed by atoms with Crippen LogP contribution >= 0.6 is 0 Å². The van der Waals surface area contributed by atoms with Gasteiger partial charge in [0.1, 0.15) is 0 Å². The Morgan fingerprint density at radius 1 is 0.645 bits per heavy atom. The van der Waals surface area contributed by atoms with Gasteiger partial charge < -0.3 is 5.32 Å². The maximum absolute atomic E-state index is 13.5. The monoisotopic (exact) mass is 425 g/mol. The summed E-state index contributed by atoms with van der Waals surface area (Å²) in [6.07, 6.45) is 2.53. The van der Waals surface area contributed by atoms with Crippen LogP contribution in [0.15, 0.2) is 72.8 Å². The van der Waals surface area contributed by atoms with Gasteiger partial charge in [0, 0.05) is 12.2 Å². The van der Waals surface area contributed by atoms with Crippen LogP contribution < -0.4 is 5.32 Å². The van der Waals surface area contributed by atoms with E-state index in [4.69, 9.17) is 0 Å². The molecule has 0 fully saturated rings. The average Bonchev–Trinajstić information content (AvgIpc) is 2.78. The van der Waals surface area contributed by atoms with E-state index in [0.29, 0.717) is 17.8 Å². The SMILES string of the molecule is CCCCCCCCNc1cc(-c2ccc(-c3ccccc3)cc2)cc(C(F)(F)F)c1. The van der Waals surface area contributed by atoms with E-state index < -0.39 is 11.7 Å². The molecule has 3 rings (SSSR count). The Morgan fingerprint density at radius 2 is 1.23 bits per heavy atom. The molecule has 3 aromatic carbocycles. The lowest BCUT2D eigenvalue weighted by molar-refractivity contribution is -0.137. The predicted molar refractivity (Wildman–Crippen MR) is 124 cm³/mol. The molecular weight excluding hydrogens is 395 g/mol. The summed E-state index contributed by atoms with van der Waals surface area (Å²) in [6, 6.07) is 21.9. The zero-order chi connectivity index (χ0) is 22.1. The van der Waals surface area contributed by atoms with E-state index in [1.807, 2.05) is 60.7 Å². The predicted octanol–water partition coefficient (Wildman–Crippen LogP) is 8.81. The highest BCUT2D eigenvalue weighted by atomic mass is 19.4. The van der Waals surface area contributed by atoms with Crippen molar-refractivity contribution in [1.29, 1.82) is 0 Å². The lowest BCUT2D eigenvalue weighted by Gasteiger charge is -2.14. The number of nitrogens with one attached hydrogen (secondary N) is 1. The fourth-order valence-electron chi connectivity index (χ4n) is 3.68. The quantitative estimate of drug-likeness (QED) is 0.320. The van der Waals surface area contributed by atoms with Crippen LogP contribution in [-0.2, 0) is 6.18 Å². The summed E-state index contributed by atoms with van der Waals surface area (Å²) in [5.74, 6) is 0. The molecule has 1 N–H and O–H groups in total. The number of alkyl halides is 3. The Morgan fingerprint density at radius 3 is 1.87 bits per heavy atom. The zero-order valence-electron chi connectivity index (χ0n) is 18.0. The van der Waals surface area contributed by atoms with E-state index in [0.717, 1.165) is 29.5 Å². The van der Waals surface area contributed by atoms with E-state index in [9.17, 15) is 13.2 Å². The molecule has 0 atom stereocenters. The third-order valence-corrected chi connectivity index (χ3v) is 5.45. The molecule has 0 spiro atoms. The van der Waals surface area contributed by atoms with Crippen molar-refractivity contribution in [3.63, 3.8) is 0 Å². The Bertz CT molecular complexity index is 931. The van der Waals surface area contributed by atoms with Gasteiger partial charge in [0.2, 0.25) is 0 Å². The normalized spacial score (nSPS) is 11.5. The lowest BCUT2D eigenvalue weighted by atomic mass is 9.98. The number of hydrogen-bond acceptors (Lipinski definition) is 1. The number of rotatable bonds is 10. The fourth-order valence-corrected chi connectivity index (χ4v) is 3.68. The Kier molecular flexibility index (Phi) is 8.16. The minimum absolute atomic E-state index is 0.519. The van der Waals surface area contributed by atoms with Crippen LogP contribution in [-0.4, -0.2) is 6.54 Å². The largest absolute Gasteiger partial charge is 0.416 e. The van der Waals surface area contributed by atoms with Crippen LogP contribution in [0.5, 0.6) is 0 Å². The molecule has 0 aliphatic rings. The standard InChI is InChI=1S/C27H30F3N/c1-2-3-4-5-6-10-17-31-26-19-24(18-25(20-26)27(28,29)30)23-15-13-22(14-16-23)21-11-8-7-9-12-21/h7-9,11-16,18-20,31H,2-6,10,17H2,1H3. The molecule has 31 heavy (non-hydrogen) atoms. The van der Waals surface area contributed by atoms with Crippen LogP contribution in [0.1, 0.15) is 51.0 Å². The van der Waals surface area contributed by atoms with E-state index in [-0.39, 0.29) is 0 Å². The van der Waals surface area contributed by atoms with Crippen LogP contribution in [0.2, 0.25) is 0 Å². The number of halogens is 3. The molecule has 0 saturated carbocycles. The summed E-state index contributed by atoms with van der Waals surface area (Å²) in [4.78, 5) is 0. The lowest BCUT2D eigenvalue weighted by Crippen LogP contribution is -2.08. The molecule has 0 unspecified atom stereocenters. The van der Waals surface area contributed by atoms with Crippen LogP contribution in [0, 0.1) is 0 Å². The topological polar surface area (TPSA) is 12.0 Å². The molecule has 4 heteroatoms. The van der Waals surface area contributed by atoms with Crippen LogP contribution in [0.25, 0.3) is 22.3 Å². The maximum atomic E-state index is 13.5. The number of hydrogen-bond donors (Lipinski definition) is 1. The van der Waals surface area contributed by atoms with Crippen molar-refractivity contribution >= 4 is 5.69 Å². The van der Waals surface area contributed by atoms with Crippen molar-refractivity contribution in [3.05, 3.63) is 78.4 Å². The van der Waals surface area contributed by atoms with E-state index in [1.165, 1.54) is 37.8 Å². The maximum Gasteiger partial charge on any atom is 0.416 e. The first-order valence-electron chi connectivity index (χ1n) is 11.1. The number of benzene rings is 3. The van der Waals surface area contributed by atoms with Crippen LogP contribution in [0.3, 0.4) is 0 Å². The third kappa shape index (κ3) is 6.88. The molecular formula is C27H30F3N. The van der Waals surface area contributed by atoms with E-state index in [2.05, 4.69) is 12.2 Å². The highest BCUT2D eigenvalue weighted by Crippen LogP contribution is 2.35. The summed E-state index contributed by atoms with van der Waals surface area (Å²) in [6.45, 7) is 2.86. The van der Waals surface area contributed by atoms with Gasteiger partial charge in [0.15, 0.2) is 0 Å². The van der Waals surface area contributed by atoms with E-state index >= 15 is 0 Å². The molecule has 0 aliphatic carbocycles. The Labute approximate surface area is 183 Å². The van der Waals surface area contributed by atoms with Gasteiger partial charge in [-0.15, -0.1) is 0 Å². The second-order valence-corrected chi connectivity index (χ2v) is 7.93.